The van der Waals surface area contributed by atoms with Crippen LogP contribution in [0.4, 0.5) is 5.69 Å². The molecular formula is C16H23N3O7. The van der Waals surface area contributed by atoms with Gasteiger partial charge in [0.05, 0.1) is 63.5 Å². The van der Waals surface area contributed by atoms with Crippen molar-refractivity contribution < 1.29 is 28.6 Å². The van der Waals surface area contributed by atoms with Crippen LogP contribution in [-0.2, 0) is 23.7 Å². The topological polar surface area (TPSA) is 114 Å². The van der Waals surface area contributed by atoms with Gasteiger partial charge in [-0.1, -0.05) is 23.3 Å². The number of nitrogens with zero attached hydrogens (tertiary/aromatic N) is 3. The lowest BCUT2D eigenvalue weighted by Gasteiger charge is -2.20. The van der Waals surface area contributed by atoms with Gasteiger partial charge in [-0.2, -0.15) is 0 Å². The number of rotatable bonds is 3. The van der Waals surface area contributed by atoms with Crippen LogP contribution in [0.25, 0.3) is 0 Å². The molecular weight excluding hydrogens is 346 g/mol. The summed E-state index contributed by atoms with van der Waals surface area (Å²) in [5, 5.41) is 19.4. The third-order valence-corrected chi connectivity index (χ3v) is 3.33. The maximum Gasteiger partial charge on any atom is 0.466 e. The number of nitro groups is 1. The van der Waals surface area contributed by atoms with E-state index in [0.29, 0.717) is 32.1 Å². The predicted octanol–water partition coefficient (Wildman–Crippen LogP) is 1.80. The fourth-order valence-corrected chi connectivity index (χ4v) is 2.00. The minimum Gasteiger partial charge on any atom is -0.377 e. The van der Waals surface area contributed by atoms with Gasteiger partial charge in [-0.25, -0.2) is 0 Å². The average Bonchev–Trinajstić information content (AvgIpc) is 2.66. The van der Waals surface area contributed by atoms with Crippen LogP contribution in [0.2, 0.25) is 0 Å². The highest BCUT2D eigenvalue weighted by Gasteiger charge is 2.46. The van der Waals surface area contributed by atoms with Crippen LogP contribution in [0.15, 0.2) is 40.6 Å². The van der Waals surface area contributed by atoms with Gasteiger partial charge in [0.2, 0.25) is 0 Å². The molecule has 1 atom stereocenters. The number of hydrogen-bond donors (Lipinski definition) is 0. The Labute approximate surface area is 151 Å². The molecule has 0 spiro atoms. The van der Waals surface area contributed by atoms with Crippen LogP contribution in [0.1, 0.15) is 0 Å². The summed E-state index contributed by atoms with van der Waals surface area (Å²) in [5.41, 5.74) is 0.477. The summed E-state index contributed by atoms with van der Waals surface area (Å²) < 4.78 is 26.7. The molecule has 26 heavy (non-hydrogen) atoms. The van der Waals surface area contributed by atoms with E-state index in [9.17, 15) is 10.1 Å². The van der Waals surface area contributed by atoms with Crippen molar-refractivity contribution >= 4 is 5.69 Å². The molecule has 144 valence electrons. The van der Waals surface area contributed by atoms with Gasteiger partial charge in [0.15, 0.2) is 6.61 Å². The minimum absolute atomic E-state index is 0.0331. The first-order chi connectivity index (χ1) is 12.7. The van der Waals surface area contributed by atoms with Crippen molar-refractivity contribution in [2.45, 2.75) is 5.85 Å². The average molecular weight is 369 g/mol. The molecule has 0 saturated carbocycles. The van der Waals surface area contributed by atoms with E-state index in [1.807, 2.05) is 6.07 Å². The maximum absolute atomic E-state index is 11.6. The molecule has 10 nitrogen and oxygen atoms in total. The normalized spacial score (nSPS) is 24.6. The molecule has 1 aromatic rings. The highest BCUT2D eigenvalue weighted by atomic mass is 16.7. The molecule has 1 unspecified atom stereocenters. The van der Waals surface area contributed by atoms with E-state index in [-0.39, 0.29) is 26.4 Å². The predicted molar refractivity (Wildman–Crippen MR) is 89.9 cm³/mol. The first-order valence-electron chi connectivity index (χ1n) is 8.30. The zero-order chi connectivity index (χ0) is 18.5. The van der Waals surface area contributed by atoms with Crippen molar-refractivity contribution in [3.63, 3.8) is 0 Å². The highest BCUT2D eigenvalue weighted by Crippen LogP contribution is 2.20. The standard InChI is InChI=1S/C16H23N3O7/c20-19(21)16(18-17-15-4-2-1-3-5-15)14-25-11-10-23-7-6-22-8-9-24-12-13-26-16/h1-5H,6-14H2. The van der Waals surface area contributed by atoms with E-state index in [4.69, 9.17) is 23.7 Å². The summed E-state index contributed by atoms with van der Waals surface area (Å²) in [6.45, 7) is 1.81. The van der Waals surface area contributed by atoms with Crippen molar-refractivity contribution in [3.05, 3.63) is 40.4 Å². The second kappa shape index (κ2) is 11.6. The summed E-state index contributed by atoms with van der Waals surface area (Å²) in [6.07, 6.45) is 0. The molecule has 0 bridgehead atoms. The molecule has 0 radical (unpaired) electrons. The molecule has 1 aliphatic heterocycles. The van der Waals surface area contributed by atoms with Crippen LogP contribution in [0.5, 0.6) is 0 Å². The van der Waals surface area contributed by atoms with Gasteiger partial charge in [-0.15, -0.1) is 5.11 Å². The van der Waals surface area contributed by atoms with Crippen LogP contribution < -0.4 is 0 Å². The summed E-state index contributed by atoms with van der Waals surface area (Å²) in [6, 6.07) is 8.69. The summed E-state index contributed by atoms with van der Waals surface area (Å²) >= 11 is 0. The summed E-state index contributed by atoms with van der Waals surface area (Å²) in [7, 11) is 0. The Balaban J connectivity index is 2.06. The Hall–Kier alpha value is -1.98. The van der Waals surface area contributed by atoms with Crippen LogP contribution in [-0.4, -0.2) is 70.2 Å². The summed E-state index contributed by atoms with van der Waals surface area (Å²) in [5.74, 6) is -2.14. The van der Waals surface area contributed by atoms with Crippen molar-refractivity contribution in [3.8, 4) is 0 Å². The second-order valence-corrected chi connectivity index (χ2v) is 5.27. The molecule has 0 N–H and O–H groups in total. The maximum atomic E-state index is 11.6. The Kier molecular flexibility index (Phi) is 9.07. The lowest BCUT2D eigenvalue weighted by atomic mass is 10.3. The summed E-state index contributed by atoms with van der Waals surface area (Å²) in [4.78, 5) is 11.0. The van der Waals surface area contributed by atoms with E-state index < -0.39 is 17.4 Å². The van der Waals surface area contributed by atoms with Crippen molar-refractivity contribution in [1.29, 1.82) is 0 Å². The molecule has 1 heterocycles. The first-order valence-corrected chi connectivity index (χ1v) is 8.30. The van der Waals surface area contributed by atoms with Crippen LogP contribution >= 0.6 is 0 Å². The van der Waals surface area contributed by atoms with E-state index in [0.717, 1.165) is 0 Å². The lowest BCUT2D eigenvalue weighted by molar-refractivity contribution is -0.633. The van der Waals surface area contributed by atoms with Crippen molar-refractivity contribution in [2.75, 3.05) is 59.5 Å². The molecule has 2 rings (SSSR count). The van der Waals surface area contributed by atoms with E-state index >= 15 is 0 Å². The second-order valence-electron chi connectivity index (χ2n) is 5.27. The van der Waals surface area contributed by atoms with Gasteiger partial charge in [0, 0.05) is 0 Å². The van der Waals surface area contributed by atoms with Crippen LogP contribution in [0.3, 0.4) is 0 Å². The zero-order valence-corrected chi connectivity index (χ0v) is 14.5. The molecule has 0 amide bonds. The molecule has 10 heteroatoms. The largest absolute Gasteiger partial charge is 0.466 e. The first kappa shape index (κ1) is 20.3. The van der Waals surface area contributed by atoms with Gasteiger partial charge < -0.3 is 18.9 Å². The minimum atomic E-state index is -2.14. The zero-order valence-electron chi connectivity index (χ0n) is 14.5. The van der Waals surface area contributed by atoms with Gasteiger partial charge in [0.1, 0.15) is 0 Å². The van der Waals surface area contributed by atoms with Crippen LogP contribution in [0, 0.1) is 10.1 Å². The number of benzene rings is 1. The number of ether oxygens (including phenoxy) is 5. The van der Waals surface area contributed by atoms with Gasteiger partial charge in [0.25, 0.3) is 0 Å². The highest BCUT2D eigenvalue weighted by molar-refractivity contribution is 5.34. The van der Waals surface area contributed by atoms with Gasteiger partial charge >= 0.3 is 5.85 Å². The fraction of sp³-hybridized carbons (Fsp3) is 0.625. The quantitative estimate of drug-likeness (QED) is 0.453. The van der Waals surface area contributed by atoms with E-state index in [2.05, 4.69) is 10.2 Å². The van der Waals surface area contributed by atoms with Gasteiger partial charge in [-0.3, -0.25) is 14.9 Å². The van der Waals surface area contributed by atoms with Crippen molar-refractivity contribution in [2.24, 2.45) is 10.2 Å². The Morgan fingerprint density at radius 2 is 1.38 bits per heavy atom. The molecule has 1 aromatic carbocycles. The Bertz CT molecular complexity index is 540. The van der Waals surface area contributed by atoms with Gasteiger partial charge in [-0.05, 0) is 12.1 Å². The number of hydrogen-bond acceptors (Lipinski definition) is 9. The SMILES string of the molecule is O=[N+]([O-])C1(N=Nc2ccccc2)COCCOCCOCCOCCO1. The third kappa shape index (κ3) is 7.10. The van der Waals surface area contributed by atoms with Crippen molar-refractivity contribution in [1.82, 2.24) is 0 Å². The molecule has 0 aliphatic carbocycles. The molecule has 1 aliphatic rings. The number of azo groups is 1. The fourth-order valence-electron chi connectivity index (χ4n) is 2.00. The monoisotopic (exact) mass is 369 g/mol. The molecule has 1 fully saturated rings. The lowest BCUT2D eigenvalue weighted by Crippen LogP contribution is -2.45. The Morgan fingerprint density at radius 1 is 0.846 bits per heavy atom. The van der Waals surface area contributed by atoms with E-state index in [1.54, 1.807) is 24.3 Å². The Morgan fingerprint density at radius 3 is 1.96 bits per heavy atom. The van der Waals surface area contributed by atoms with E-state index in [1.165, 1.54) is 0 Å². The third-order valence-electron chi connectivity index (χ3n) is 3.33. The molecule has 1 saturated heterocycles. The smallest absolute Gasteiger partial charge is 0.377 e. The molecule has 0 aromatic heterocycles.